The average molecular weight is 230 g/mol. The molecule has 0 radical (unpaired) electrons. The summed E-state index contributed by atoms with van der Waals surface area (Å²) in [7, 11) is 2.13. The number of hydrogen-bond acceptors (Lipinski definition) is 4. The minimum absolute atomic E-state index is 0.642. The molecule has 0 aromatic carbocycles. The van der Waals surface area contributed by atoms with E-state index in [0.717, 1.165) is 23.8 Å². The molecule has 0 aliphatic rings. The molecule has 0 saturated heterocycles. The molecule has 2 nitrogen and oxygen atoms in total. The van der Waals surface area contributed by atoms with Crippen LogP contribution in [0.2, 0.25) is 0 Å². The molecule has 0 saturated carbocycles. The van der Waals surface area contributed by atoms with Gasteiger partial charge < -0.3 is 4.90 Å². The van der Waals surface area contributed by atoms with Crippen LogP contribution in [0.5, 0.6) is 0 Å². The summed E-state index contributed by atoms with van der Waals surface area (Å²) in [5.41, 5.74) is 1.18. The summed E-state index contributed by atoms with van der Waals surface area (Å²) >= 11 is 6.00. The third-order valence-electron chi connectivity index (χ3n) is 2.03. The Kier molecular flexibility index (Phi) is 4.92. The van der Waals surface area contributed by atoms with Gasteiger partial charge in [0.25, 0.3) is 0 Å². The molecule has 1 unspecified atom stereocenters. The minimum atomic E-state index is 0.642. The van der Waals surface area contributed by atoms with Crippen molar-refractivity contribution >= 4 is 24.0 Å². The lowest BCUT2D eigenvalue weighted by Crippen LogP contribution is -2.24. The maximum absolute atomic E-state index is 4.44. The topological polar surface area (TPSA) is 16.1 Å². The normalized spacial score (nSPS) is 13.5. The van der Waals surface area contributed by atoms with E-state index in [1.165, 1.54) is 5.69 Å². The van der Waals surface area contributed by atoms with Gasteiger partial charge in [-0.2, -0.15) is 12.6 Å². The Morgan fingerprint density at radius 2 is 2.36 bits per heavy atom. The van der Waals surface area contributed by atoms with Gasteiger partial charge >= 0.3 is 0 Å². The van der Waals surface area contributed by atoms with Crippen LogP contribution < -0.4 is 0 Å². The molecule has 4 heteroatoms. The Balaban J connectivity index is 2.37. The molecule has 1 heterocycles. The van der Waals surface area contributed by atoms with E-state index in [1.54, 1.807) is 11.3 Å². The lowest BCUT2D eigenvalue weighted by Gasteiger charge is -2.18. The van der Waals surface area contributed by atoms with Crippen molar-refractivity contribution in [2.75, 3.05) is 19.3 Å². The zero-order valence-corrected chi connectivity index (χ0v) is 10.7. The van der Waals surface area contributed by atoms with Crippen LogP contribution in [0.1, 0.15) is 17.6 Å². The number of nitrogens with zero attached hydrogens (tertiary/aromatic N) is 2. The predicted octanol–water partition coefficient (Wildman–Crippen LogP) is 2.45. The zero-order valence-electron chi connectivity index (χ0n) is 9.03. The zero-order chi connectivity index (χ0) is 10.6. The molecule has 1 aromatic heterocycles. The van der Waals surface area contributed by atoms with Crippen LogP contribution in [0.4, 0.5) is 0 Å². The van der Waals surface area contributed by atoms with Crippen LogP contribution in [-0.4, -0.2) is 29.2 Å². The maximum atomic E-state index is 4.44. The van der Waals surface area contributed by atoms with Crippen LogP contribution in [0.15, 0.2) is 5.38 Å². The maximum Gasteiger partial charge on any atom is 0.0897 e. The van der Waals surface area contributed by atoms with Crippen LogP contribution >= 0.6 is 24.0 Å². The van der Waals surface area contributed by atoms with E-state index >= 15 is 0 Å². The fraction of sp³-hybridized carbons (Fsp3) is 0.700. The SMILES string of the molecule is Cc1nc(CN(C)CC(C)CS)cs1. The number of rotatable bonds is 5. The second-order valence-electron chi connectivity index (χ2n) is 3.84. The first-order valence-electron chi connectivity index (χ1n) is 4.82. The fourth-order valence-electron chi connectivity index (χ4n) is 1.41. The third kappa shape index (κ3) is 3.98. The monoisotopic (exact) mass is 230 g/mol. The van der Waals surface area contributed by atoms with E-state index in [4.69, 9.17) is 0 Å². The molecule has 80 valence electrons. The lowest BCUT2D eigenvalue weighted by molar-refractivity contribution is 0.288. The smallest absolute Gasteiger partial charge is 0.0897 e. The molecular weight excluding hydrogens is 212 g/mol. The van der Waals surface area contributed by atoms with Crippen LogP contribution in [0.3, 0.4) is 0 Å². The van der Waals surface area contributed by atoms with Gasteiger partial charge in [0.2, 0.25) is 0 Å². The molecule has 0 fully saturated rings. The van der Waals surface area contributed by atoms with Gasteiger partial charge in [-0.3, -0.25) is 0 Å². The molecule has 1 aromatic rings. The van der Waals surface area contributed by atoms with E-state index in [9.17, 15) is 0 Å². The highest BCUT2D eigenvalue weighted by Crippen LogP contribution is 2.10. The van der Waals surface area contributed by atoms with Gasteiger partial charge in [-0.15, -0.1) is 11.3 Å². The Hall–Kier alpha value is -0.0600. The first-order chi connectivity index (χ1) is 6.61. The van der Waals surface area contributed by atoms with Crippen molar-refractivity contribution in [3.8, 4) is 0 Å². The van der Waals surface area contributed by atoms with Crippen molar-refractivity contribution in [3.63, 3.8) is 0 Å². The summed E-state index contributed by atoms with van der Waals surface area (Å²) in [5, 5.41) is 3.28. The molecule has 0 aliphatic carbocycles. The molecule has 0 spiro atoms. The molecule has 0 N–H and O–H groups in total. The highest BCUT2D eigenvalue weighted by molar-refractivity contribution is 7.80. The molecule has 0 aliphatic heterocycles. The van der Waals surface area contributed by atoms with Crippen LogP contribution in [0.25, 0.3) is 0 Å². The van der Waals surface area contributed by atoms with Gasteiger partial charge in [0.1, 0.15) is 0 Å². The Labute approximate surface area is 95.8 Å². The van der Waals surface area contributed by atoms with Gasteiger partial charge in [0.15, 0.2) is 0 Å². The summed E-state index contributed by atoms with van der Waals surface area (Å²) in [5.74, 6) is 1.59. The summed E-state index contributed by atoms with van der Waals surface area (Å²) < 4.78 is 0. The summed E-state index contributed by atoms with van der Waals surface area (Å²) in [4.78, 5) is 6.74. The molecule has 1 atom stereocenters. The molecule has 14 heavy (non-hydrogen) atoms. The second kappa shape index (κ2) is 5.73. The molecular formula is C10H18N2S2. The van der Waals surface area contributed by atoms with Gasteiger partial charge in [0, 0.05) is 18.5 Å². The van der Waals surface area contributed by atoms with Crippen LogP contribution in [0, 0.1) is 12.8 Å². The number of aryl methyl sites for hydroxylation is 1. The Morgan fingerprint density at radius 1 is 1.64 bits per heavy atom. The van der Waals surface area contributed by atoms with Gasteiger partial charge in [-0.05, 0) is 25.6 Å². The quantitative estimate of drug-likeness (QED) is 0.782. The van der Waals surface area contributed by atoms with Gasteiger partial charge in [-0.25, -0.2) is 4.98 Å². The fourth-order valence-corrected chi connectivity index (χ4v) is 2.13. The second-order valence-corrected chi connectivity index (χ2v) is 5.27. The summed E-state index contributed by atoms with van der Waals surface area (Å²) in [6.45, 7) is 6.29. The predicted molar refractivity (Wildman–Crippen MR) is 66.2 cm³/mol. The van der Waals surface area contributed by atoms with Gasteiger partial charge in [-0.1, -0.05) is 6.92 Å². The van der Waals surface area contributed by atoms with E-state index in [0.29, 0.717) is 5.92 Å². The first kappa shape index (κ1) is 12.0. The number of thiol groups is 1. The first-order valence-corrected chi connectivity index (χ1v) is 6.33. The lowest BCUT2D eigenvalue weighted by atomic mass is 10.2. The Bertz CT molecular complexity index is 273. The molecule has 0 bridgehead atoms. The van der Waals surface area contributed by atoms with E-state index in [1.807, 2.05) is 6.92 Å². The van der Waals surface area contributed by atoms with Crippen molar-refractivity contribution in [1.29, 1.82) is 0 Å². The number of hydrogen-bond donors (Lipinski definition) is 1. The van der Waals surface area contributed by atoms with Crippen molar-refractivity contribution in [2.24, 2.45) is 5.92 Å². The highest BCUT2D eigenvalue weighted by Gasteiger charge is 2.06. The minimum Gasteiger partial charge on any atom is -0.300 e. The van der Waals surface area contributed by atoms with E-state index < -0.39 is 0 Å². The summed E-state index contributed by atoms with van der Waals surface area (Å²) in [6.07, 6.45) is 0. The van der Waals surface area contributed by atoms with Crippen LogP contribution in [-0.2, 0) is 6.54 Å². The number of aromatic nitrogens is 1. The Morgan fingerprint density at radius 3 is 2.86 bits per heavy atom. The average Bonchev–Trinajstić information content (AvgIpc) is 2.50. The highest BCUT2D eigenvalue weighted by atomic mass is 32.1. The number of thiazole rings is 1. The van der Waals surface area contributed by atoms with E-state index in [2.05, 4.69) is 41.9 Å². The standard InChI is InChI=1S/C10H18N2S2/c1-8(6-13)4-12(3)5-10-7-14-9(2)11-10/h7-8,13H,4-6H2,1-3H3. The van der Waals surface area contributed by atoms with Crippen molar-refractivity contribution in [3.05, 3.63) is 16.1 Å². The molecule has 0 amide bonds. The van der Waals surface area contributed by atoms with Crippen molar-refractivity contribution in [1.82, 2.24) is 9.88 Å². The van der Waals surface area contributed by atoms with E-state index in [-0.39, 0.29) is 0 Å². The van der Waals surface area contributed by atoms with Gasteiger partial charge in [0.05, 0.1) is 10.7 Å². The molecule has 1 rings (SSSR count). The van der Waals surface area contributed by atoms with Crippen molar-refractivity contribution in [2.45, 2.75) is 20.4 Å². The third-order valence-corrected chi connectivity index (χ3v) is 3.48. The largest absolute Gasteiger partial charge is 0.300 e. The van der Waals surface area contributed by atoms with Crippen molar-refractivity contribution < 1.29 is 0 Å². The summed E-state index contributed by atoms with van der Waals surface area (Å²) in [6, 6.07) is 0.